The van der Waals surface area contributed by atoms with Crippen LogP contribution in [0.15, 0.2) is 127 Å². The van der Waals surface area contributed by atoms with Gasteiger partial charge in [-0.1, -0.05) is 109 Å². The minimum absolute atomic E-state index is 0.260. The fourth-order valence-electron chi connectivity index (χ4n) is 5.02. The second kappa shape index (κ2) is 11.6. The molecule has 41 heavy (non-hydrogen) atoms. The molecule has 0 aromatic heterocycles. The van der Waals surface area contributed by atoms with Crippen molar-refractivity contribution in [1.82, 2.24) is 0 Å². The third-order valence-electron chi connectivity index (χ3n) is 7.03. The highest BCUT2D eigenvalue weighted by atomic mass is 16.6. The number of rotatable bonds is 9. The van der Waals surface area contributed by atoms with Crippen LogP contribution in [0.5, 0.6) is 0 Å². The van der Waals surface area contributed by atoms with Crippen molar-refractivity contribution in [2.75, 3.05) is 19.1 Å². The van der Waals surface area contributed by atoms with Crippen molar-refractivity contribution in [3.05, 3.63) is 149 Å². The lowest BCUT2D eigenvalue weighted by Crippen LogP contribution is -2.57. The van der Waals surface area contributed by atoms with Gasteiger partial charge in [0, 0.05) is 18.4 Å². The molecule has 4 aromatic carbocycles. The lowest BCUT2D eigenvalue weighted by molar-refractivity contribution is -0.161. The molecule has 0 bridgehead atoms. The number of benzene rings is 4. The molecule has 206 valence electrons. The van der Waals surface area contributed by atoms with E-state index in [2.05, 4.69) is 0 Å². The van der Waals surface area contributed by atoms with E-state index in [1.165, 1.54) is 14.2 Å². The predicted octanol–water partition coefficient (Wildman–Crippen LogP) is 5.80. The van der Waals surface area contributed by atoms with Gasteiger partial charge >= 0.3 is 5.97 Å². The number of esters is 1. The van der Waals surface area contributed by atoms with Crippen molar-refractivity contribution in [3.8, 4) is 0 Å². The van der Waals surface area contributed by atoms with Crippen molar-refractivity contribution in [3.63, 3.8) is 0 Å². The van der Waals surface area contributed by atoms with Crippen LogP contribution >= 0.6 is 0 Å². The molecule has 1 amide bonds. The van der Waals surface area contributed by atoms with Gasteiger partial charge in [-0.3, -0.25) is 14.5 Å². The lowest BCUT2D eigenvalue weighted by atomic mass is 9.93. The first-order chi connectivity index (χ1) is 19.9. The van der Waals surface area contributed by atoms with Crippen LogP contribution in [0.3, 0.4) is 0 Å². The molecule has 0 saturated heterocycles. The topological polar surface area (TPSA) is 82.1 Å². The number of para-hydroxylation sites is 1. The Balaban J connectivity index is 1.78. The molecule has 0 aliphatic carbocycles. The van der Waals surface area contributed by atoms with E-state index < -0.39 is 29.5 Å². The fraction of sp³-hybridized carbons (Fsp3) is 0.147. The quantitative estimate of drug-likeness (QED) is 0.195. The fourth-order valence-corrected chi connectivity index (χ4v) is 5.02. The molecule has 1 heterocycles. The Morgan fingerprint density at radius 2 is 1.24 bits per heavy atom. The molecule has 0 N–H and O–H groups in total. The van der Waals surface area contributed by atoms with Gasteiger partial charge in [-0.05, 0) is 30.2 Å². The van der Waals surface area contributed by atoms with Gasteiger partial charge in [-0.25, -0.2) is 4.79 Å². The van der Waals surface area contributed by atoms with Gasteiger partial charge < -0.3 is 14.2 Å². The van der Waals surface area contributed by atoms with E-state index in [-0.39, 0.29) is 16.9 Å². The Kier molecular flexibility index (Phi) is 7.81. The Hall–Kier alpha value is -5.01. The number of ketones is 1. The van der Waals surface area contributed by atoms with Crippen LogP contribution in [0.1, 0.15) is 33.2 Å². The highest BCUT2D eigenvalue weighted by Crippen LogP contribution is 2.45. The number of carbonyl (C=O) groups is 3. The summed E-state index contributed by atoms with van der Waals surface area (Å²) in [6.45, 7) is 1.90. The van der Waals surface area contributed by atoms with E-state index in [1.807, 2.05) is 67.6 Å². The third-order valence-corrected chi connectivity index (χ3v) is 7.03. The van der Waals surface area contributed by atoms with Crippen LogP contribution in [0.25, 0.3) is 0 Å². The molecular weight excluding hydrogens is 518 g/mol. The van der Waals surface area contributed by atoms with Gasteiger partial charge in [0.05, 0.1) is 7.11 Å². The highest BCUT2D eigenvalue weighted by Gasteiger charge is 2.63. The summed E-state index contributed by atoms with van der Waals surface area (Å²) in [5.41, 5.74) is 0.522. The first kappa shape index (κ1) is 27.6. The number of aryl methyl sites for hydroxylation is 1. The maximum absolute atomic E-state index is 14.4. The number of ether oxygens (including phenoxy) is 3. The van der Waals surface area contributed by atoms with Crippen molar-refractivity contribution in [2.24, 2.45) is 0 Å². The Morgan fingerprint density at radius 3 is 1.73 bits per heavy atom. The summed E-state index contributed by atoms with van der Waals surface area (Å²) in [6.07, 6.45) is -0.778. The summed E-state index contributed by atoms with van der Waals surface area (Å²) in [7, 11) is 2.44. The Morgan fingerprint density at radius 1 is 0.732 bits per heavy atom. The van der Waals surface area contributed by atoms with E-state index in [9.17, 15) is 14.4 Å². The zero-order valence-corrected chi connectivity index (χ0v) is 22.9. The summed E-state index contributed by atoms with van der Waals surface area (Å²) < 4.78 is 17.6. The van der Waals surface area contributed by atoms with Crippen molar-refractivity contribution >= 4 is 23.3 Å². The summed E-state index contributed by atoms with van der Waals surface area (Å²) in [4.78, 5) is 43.6. The van der Waals surface area contributed by atoms with Gasteiger partial charge in [0.1, 0.15) is 11.7 Å². The maximum Gasteiger partial charge on any atom is 0.365 e. The minimum atomic E-state index is -2.25. The van der Waals surface area contributed by atoms with Crippen LogP contribution in [0, 0.1) is 6.92 Å². The smallest absolute Gasteiger partial charge is 0.365 e. The van der Waals surface area contributed by atoms with Gasteiger partial charge in [-0.15, -0.1) is 0 Å². The summed E-state index contributed by atoms with van der Waals surface area (Å²) in [5.74, 6) is -2.55. The number of methoxy groups -OCH3 is 2. The summed E-state index contributed by atoms with van der Waals surface area (Å²) in [6, 6.07) is 34.1. The SMILES string of the molecule is COC(=O)C1(OC)C(C(=O)c2ccc(C)cc2)=C(OC(c2ccccc2)c2ccccc2)C(=O)N1c1ccccc1. The Bertz CT molecular complexity index is 1540. The van der Waals surface area contributed by atoms with Crippen LogP contribution in [0.2, 0.25) is 0 Å². The second-order valence-electron chi connectivity index (χ2n) is 9.53. The lowest BCUT2D eigenvalue weighted by Gasteiger charge is -2.35. The molecule has 1 aliphatic heterocycles. The number of anilines is 1. The third kappa shape index (κ3) is 4.92. The van der Waals surface area contributed by atoms with Crippen molar-refractivity contribution < 1.29 is 28.6 Å². The Labute approximate surface area is 238 Å². The number of amides is 1. The molecule has 1 aliphatic rings. The van der Waals surface area contributed by atoms with Crippen LogP contribution in [-0.2, 0) is 23.8 Å². The largest absolute Gasteiger partial charge is 0.475 e. The highest BCUT2D eigenvalue weighted by molar-refractivity contribution is 6.26. The molecule has 1 unspecified atom stereocenters. The van der Waals surface area contributed by atoms with E-state index in [0.29, 0.717) is 5.69 Å². The monoisotopic (exact) mass is 547 g/mol. The first-order valence-electron chi connectivity index (χ1n) is 13.1. The van der Waals surface area contributed by atoms with E-state index >= 15 is 0 Å². The average Bonchev–Trinajstić information content (AvgIpc) is 3.28. The zero-order valence-electron chi connectivity index (χ0n) is 22.9. The first-order valence-corrected chi connectivity index (χ1v) is 13.1. The predicted molar refractivity (Wildman–Crippen MR) is 154 cm³/mol. The molecule has 0 radical (unpaired) electrons. The van der Waals surface area contributed by atoms with Gasteiger partial charge in [0.15, 0.2) is 11.5 Å². The summed E-state index contributed by atoms with van der Waals surface area (Å²) in [5, 5.41) is 0. The van der Waals surface area contributed by atoms with Crippen molar-refractivity contribution in [2.45, 2.75) is 18.8 Å². The van der Waals surface area contributed by atoms with Crippen LogP contribution in [0.4, 0.5) is 5.69 Å². The van der Waals surface area contributed by atoms with E-state index in [4.69, 9.17) is 14.2 Å². The molecule has 0 spiro atoms. The molecule has 0 fully saturated rings. The molecule has 5 rings (SSSR count). The molecule has 7 heteroatoms. The average molecular weight is 548 g/mol. The summed E-state index contributed by atoms with van der Waals surface area (Å²) >= 11 is 0. The van der Waals surface area contributed by atoms with Gasteiger partial charge in [0.25, 0.3) is 11.6 Å². The maximum atomic E-state index is 14.4. The normalized spacial score (nSPS) is 16.7. The number of hydrogen-bond donors (Lipinski definition) is 0. The zero-order chi connectivity index (χ0) is 29.0. The molecule has 1 atom stereocenters. The standard InChI is InChI=1S/C34H29NO6/c1-23-19-21-24(22-20-23)29(36)28-31(41-30(25-13-7-4-8-14-25)26-15-9-5-10-16-26)32(37)35(27-17-11-6-12-18-27)34(28,40-3)33(38)39-2/h4-22,30H,1-3H3. The molecular formula is C34H29NO6. The van der Waals surface area contributed by atoms with Crippen LogP contribution in [-0.4, -0.2) is 37.6 Å². The van der Waals surface area contributed by atoms with Gasteiger partial charge in [0.2, 0.25) is 0 Å². The van der Waals surface area contributed by atoms with Crippen molar-refractivity contribution in [1.29, 1.82) is 0 Å². The molecule has 7 nitrogen and oxygen atoms in total. The van der Waals surface area contributed by atoms with Gasteiger partial charge in [-0.2, -0.15) is 0 Å². The second-order valence-corrected chi connectivity index (χ2v) is 9.53. The molecule has 0 saturated carbocycles. The van der Waals surface area contributed by atoms with Crippen LogP contribution < -0.4 is 4.90 Å². The number of Topliss-reactive ketones (excluding diaryl/α,β-unsaturated/α-hetero) is 1. The minimum Gasteiger partial charge on any atom is -0.475 e. The van der Waals surface area contributed by atoms with E-state index in [0.717, 1.165) is 21.6 Å². The number of hydrogen-bond acceptors (Lipinski definition) is 6. The number of nitrogens with zero attached hydrogens (tertiary/aromatic N) is 1. The van der Waals surface area contributed by atoms with E-state index in [1.54, 1.807) is 54.6 Å². The molecule has 4 aromatic rings. The number of carbonyl (C=O) groups excluding carboxylic acids is 3.